The van der Waals surface area contributed by atoms with Crippen molar-refractivity contribution in [2.75, 3.05) is 50.2 Å². The number of fused-ring (bicyclic) bond motifs is 2. The molecule has 174 valence electrons. The summed E-state index contributed by atoms with van der Waals surface area (Å²) in [5.41, 5.74) is 1.71. The third-order valence-electron chi connectivity index (χ3n) is 6.44. The van der Waals surface area contributed by atoms with Gasteiger partial charge in [0.2, 0.25) is 5.91 Å². The maximum absolute atomic E-state index is 12.4. The van der Waals surface area contributed by atoms with Crippen LogP contribution in [0.15, 0.2) is 24.7 Å². The molecule has 3 N–H and O–H groups in total. The molecule has 2 aliphatic rings. The Morgan fingerprint density at radius 1 is 1.12 bits per heavy atom. The van der Waals surface area contributed by atoms with Gasteiger partial charge in [0.15, 0.2) is 5.69 Å². The van der Waals surface area contributed by atoms with Gasteiger partial charge >= 0.3 is 0 Å². The van der Waals surface area contributed by atoms with Crippen molar-refractivity contribution >= 4 is 28.9 Å². The van der Waals surface area contributed by atoms with E-state index in [0.717, 1.165) is 12.2 Å². The first-order valence-electron chi connectivity index (χ1n) is 11.3. The number of hydrogen-bond donors (Lipinski definition) is 3. The molecule has 10 heteroatoms. The van der Waals surface area contributed by atoms with Crippen LogP contribution >= 0.6 is 0 Å². The molecule has 2 bridgehead atoms. The van der Waals surface area contributed by atoms with Crippen LogP contribution in [-0.2, 0) is 4.79 Å². The summed E-state index contributed by atoms with van der Waals surface area (Å²) >= 11 is 0. The van der Waals surface area contributed by atoms with Gasteiger partial charge in [-0.05, 0) is 52.7 Å². The van der Waals surface area contributed by atoms with Crippen molar-refractivity contribution in [3.63, 3.8) is 0 Å². The Bertz CT molecular complexity index is 1000. The topological polar surface area (TPSA) is 122 Å². The van der Waals surface area contributed by atoms with Crippen LogP contribution in [0.2, 0.25) is 0 Å². The van der Waals surface area contributed by atoms with E-state index >= 15 is 0 Å². The molecule has 4 rings (SSSR count). The van der Waals surface area contributed by atoms with Crippen LogP contribution < -0.4 is 16.0 Å². The lowest BCUT2D eigenvalue weighted by atomic mass is 9.91. The number of carbonyl (C=O) groups excluding carboxylic acids is 1. The van der Waals surface area contributed by atoms with Gasteiger partial charge in [0.25, 0.3) is 0 Å². The van der Waals surface area contributed by atoms with Crippen molar-refractivity contribution in [3.8, 4) is 6.07 Å². The number of pyridine rings is 1. The predicted octanol–water partition coefficient (Wildman–Crippen LogP) is 2.27. The first-order valence-corrected chi connectivity index (χ1v) is 11.3. The number of aromatic nitrogens is 3. The number of nitrogens with one attached hydrogen (secondary N) is 3. The molecule has 2 atom stereocenters. The monoisotopic (exact) mass is 449 g/mol. The molecule has 33 heavy (non-hydrogen) atoms. The van der Waals surface area contributed by atoms with Crippen LogP contribution in [0, 0.1) is 17.2 Å². The van der Waals surface area contributed by atoms with E-state index in [9.17, 15) is 4.79 Å². The molecule has 2 aromatic heterocycles. The summed E-state index contributed by atoms with van der Waals surface area (Å²) < 4.78 is 0. The number of piperidine rings is 1. The fourth-order valence-corrected chi connectivity index (χ4v) is 4.77. The molecular weight excluding hydrogens is 418 g/mol. The van der Waals surface area contributed by atoms with Crippen LogP contribution in [-0.4, -0.2) is 77.0 Å². The minimum absolute atomic E-state index is 0.0964. The smallest absolute Gasteiger partial charge is 0.238 e. The number of anilines is 4. The zero-order valence-electron chi connectivity index (χ0n) is 19.4. The molecule has 2 aromatic rings. The van der Waals surface area contributed by atoms with E-state index in [1.165, 1.54) is 38.1 Å². The summed E-state index contributed by atoms with van der Waals surface area (Å²) in [6.07, 6.45) is 9.52. The van der Waals surface area contributed by atoms with Crippen molar-refractivity contribution in [3.05, 3.63) is 30.4 Å². The lowest BCUT2D eigenvalue weighted by Gasteiger charge is -2.36. The molecule has 10 nitrogen and oxygen atoms in total. The minimum Gasteiger partial charge on any atom is -0.383 e. The maximum Gasteiger partial charge on any atom is 0.238 e. The lowest BCUT2D eigenvalue weighted by Crippen LogP contribution is -2.41. The third-order valence-corrected chi connectivity index (χ3v) is 6.44. The molecule has 4 heterocycles. The van der Waals surface area contributed by atoms with Gasteiger partial charge in [-0.25, -0.2) is 15.0 Å². The Balaban J connectivity index is 1.48. The highest BCUT2D eigenvalue weighted by molar-refractivity contribution is 5.95. The van der Waals surface area contributed by atoms with Crippen LogP contribution in [0.5, 0.6) is 0 Å². The van der Waals surface area contributed by atoms with E-state index in [-0.39, 0.29) is 11.6 Å². The number of likely N-dealkylation sites (N-methyl/N-ethyl adjacent to an activating group) is 1. The van der Waals surface area contributed by atoms with E-state index < -0.39 is 0 Å². The molecule has 0 radical (unpaired) electrons. The van der Waals surface area contributed by atoms with Crippen molar-refractivity contribution in [2.45, 2.75) is 37.8 Å². The van der Waals surface area contributed by atoms with Gasteiger partial charge in [0, 0.05) is 24.7 Å². The second-order valence-corrected chi connectivity index (χ2v) is 9.19. The summed E-state index contributed by atoms with van der Waals surface area (Å²) in [5.74, 6) is 1.56. The van der Waals surface area contributed by atoms with Crippen LogP contribution in [0.3, 0.4) is 0 Å². The molecule has 0 saturated carbocycles. The van der Waals surface area contributed by atoms with Gasteiger partial charge in [-0.15, -0.1) is 0 Å². The summed E-state index contributed by atoms with van der Waals surface area (Å²) in [5, 5.41) is 18.5. The zero-order valence-corrected chi connectivity index (χ0v) is 19.4. The molecular formula is C23H31N9O. The normalized spacial score (nSPS) is 22.1. The molecule has 0 aromatic carbocycles. The number of hydrogen-bond acceptors (Lipinski definition) is 9. The molecule has 2 fully saturated rings. The first-order chi connectivity index (χ1) is 15.9. The van der Waals surface area contributed by atoms with Gasteiger partial charge in [0.1, 0.15) is 17.7 Å². The predicted molar refractivity (Wildman–Crippen MR) is 127 cm³/mol. The van der Waals surface area contributed by atoms with Crippen LogP contribution in [0.4, 0.5) is 23.0 Å². The summed E-state index contributed by atoms with van der Waals surface area (Å²) in [6.45, 7) is 1.14. The summed E-state index contributed by atoms with van der Waals surface area (Å²) in [4.78, 5) is 29.4. The highest BCUT2D eigenvalue weighted by atomic mass is 16.2. The molecule has 2 aliphatic heterocycles. The second kappa shape index (κ2) is 10.1. The number of amides is 1. The van der Waals surface area contributed by atoms with E-state index in [0.29, 0.717) is 41.9 Å². The standard InChI is InChI=1S/C23H31N9O/c1-31(2)14-23(33)29-20-12-28-21(30-22-13-25-16(9-24)11-27-22)8-19(20)26-10-15-6-17-4-5-18(7-15)32(17)3/h8,11-13,15,17-18H,4-7,10,14H2,1-3H3,(H,29,33)(H2,26,27,28,30). The molecule has 2 saturated heterocycles. The van der Waals surface area contributed by atoms with E-state index in [1.807, 2.05) is 31.1 Å². The highest BCUT2D eigenvalue weighted by Gasteiger charge is 2.38. The van der Waals surface area contributed by atoms with E-state index in [4.69, 9.17) is 5.26 Å². The van der Waals surface area contributed by atoms with Crippen molar-refractivity contribution in [1.82, 2.24) is 24.8 Å². The number of nitriles is 1. The van der Waals surface area contributed by atoms with Crippen LogP contribution in [0.1, 0.15) is 31.4 Å². The van der Waals surface area contributed by atoms with E-state index in [2.05, 4.69) is 42.8 Å². The van der Waals surface area contributed by atoms with Crippen molar-refractivity contribution in [2.24, 2.45) is 5.92 Å². The van der Waals surface area contributed by atoms with Gasteiger partial charge < -0.3 is 25.8 Å². The molecule has 2 unspecified atom stereocenters. The first kappa shape index (κ1) is 22.9. The average molecular weight is 450 g/mol. The molecule has 0 aliphatic carbocycles. The van der Waals surface area contributed by atoms with Gasteiger partial charge in [-0.2, -0.15) is 5.26 Å². The number of carbonyl (C=O) groups is 1. The molecule has 1 amide bonds. The average Bonchev–Trinajstić information content (AvgIpc) is 2.99. The van der Waals surface area contributed by atoms with Gasteiger partial charge in [-0.1, -0.05) is 0 Å². The SMILES string of the molecule is CN(C)CC(=O)Nc1cnc(Nc2cnc(C#N)cn2)cc1NCC1CC2CCC(C1)N2C. The summed E-state index contributed by atoms with van der Waals surface area (Å²) in [7, 11) is 5.96. The zero-order chi connectivity index (χ0) is 23.4. The van der Waals surface area contributed by atoms with Gasteiger partial charge in [-0.3, -0.25) is 4.79 Å². The third kappa shape index (κ3) is 5.74. The Morgan fingerprint density at radius 2 is 1.85 bits per heavy atom. The lowest BCUT2D eigenvalue weighted by molar-refractivity contribution is -0.116. The Labute approximate surface area is 194 Å². The number of rotatable bonds is 8. The van der Waals surface area contributed by atoms with Crippen LogP contribution in [0.25, 0.3) is 0 Å². The fourth-order valence-electron chi connectivity index (χ4n) is 4.77. The summed E-state index contributed by atoms with van der Waals surface area (Å²) in [6, 6.07) is 5.18. The van der Waals surface area contributed by atoms with E-state index in [1.54, 1.807) is 6.20 Å². The second-order valence-electron chi connectivity index (χ2n) is 9.19. The molecule has 0 spiro atoms. The Hall–Kier alpha value is -3.29. The van der Waals surface area contributed by atoms with Crippen molar-refractivity contribution < 1.29 is 4.79 Å². The quantitative estimate of drug-likeness (QED) is 0.557. The highest BCUT2D eigenvalue weighted by Crippen LogP contribution is 2.37. The Kier molecular flexibility index (Phi) is 7.01. The largest absolute Gasteiger partial charge is 0.383 e. The Morgan fingerprint density at radius 3 is 2.48 bits per heavy atom. The van der Waals surface area contributed by atoms with Crippen molar-refractivity contribution in [1.29, 1.82) is 5.26 Å². The number of nitrogens with zero attached hydrogens (tertiary/aromatic N) is 6. The minimum atomic E-state index is -0.0964. The fraction of sp³-hybridized carbons (Fsp3) is 0.522. The van der Waals surface area contributed by atoms with Gasteiger partial charge in [0.05, 0.1) is 36.5 Å². The maximum atomic E-state index is 12.4.